The molecular formula is C33H18FNO. The van der Waals surface area contributed by atoms with Crippen molar-refractivity contribution >= 4 is 65.2 Å². The summed E-state index contributed by atoms with van der Waals surface area (Å²) >= 11 is 0. The molecule has 0 saturated carbocycles. The Morgan fingerprint density at radius 3 is 2.06 bits per heavy atom. The van der Waals surface area contributed by atoms with E-state index in [9.17, 15) is 0 Å². The van der Waals surface area contributed by atoms with Crippen molar-refractivity contribution in [1.82, 2.24) is 4.98 Å². The molecule has 3 heteroatoms. The number of fused-ring (bicyclic) bond motifs is 11. The molecule has 0 unspecified atom stereocenters. The van der Waals surface area contributed by atoms with Gasteiger partial charge in [-0.1, -0.05) is 84.9 Å². The molecule has 2 nitrogen and oxygen atoms in total. The third-order valence-corrected chi connectivity index (χ3v) is 7.29. The van der Waals surface area contributed by atoms with Gasteiger partial charge in [0.1, 0.15) is 17.1 Å². The molecule has 0 saturated heterocycles. The Bertz CT molecular complexity index is 2170. The maximum Gasteiger partial charge on any atom is 0.162 e. The van der Waals surface area contributed by atoms with Crippen LogP contribution in [-0.4, -0.2) is 4.98 Å². The van der Waals surface area contributed by atoms with Crippen LogP contribution in [0.1, 0.15) is 0 Å². The predicted molar refractivity (Wildman–Crippen MR) is 147 cm³/mol. The first-order valence-electron chi connectivity index (χ1n) is 12.0. The van der Waals surface area contributed by atoms with Gasteiger partial charge in [-0.05, 0) is 51.2 Å². The van der Waals surface area contributed by atoms with Crippen LogP contribution in [0.25, 0.3) is 76.4 Å². The van der Waals surface area contributed by atoms with E-state index in [4.69, 9.17) is 9.40 Å². The van der Waals surface area contributed by atoms with Gasteiger partial charge >= 0.3 is 0 Å². The first kappa shape index (κ1) is 19.5. The average molecular weight is 464 g/mol. The number of pyridine rings is 1. The van der Waals surface area contributed by atoms with Gasteiger partial charge in [0.15, 0.2) is 5.58 Å². The topological polar surface area (TPSA) is 26.0 Å². The number of nitrogens with zero attached hydrogens (tertiary/aromatic N) is 1. The van der Waals surface area contributed by atoms with Crippen LogP contribution in [0.15, 0.2) is 114 Å². The zero-order chi connectivity index (χ0) is 23.8. The monoisotopic (exact) mass is 463 g/mol. The van der Waals surface area contributed by atoms with Crippen LogP contribution in [0.4, 0.5) is 4.39 Å². The molecular weight excluding hydrogens is 445 g/mol. The Balaban J connectivity index is 1.70. The minimum Gasteiger partial charge on any atom is -0.454 e. The van der Waals surface area contributed by atoms with E-state index in [1.807, 2.05) is 30.3 Å². The molecule has 0 atom stereocenters. The van der Waals surface area contributed by atoms with Gasteiger partial charge in [-0.3, -0.25) is 0 Å². The van der Waals surface area contributed by atoms with Gasteiger partial charge in [-0.25, -0.2) is 9.37 Å². The van der Waals surface area contributed by atoms with Gasteiger partial charge in [-0.15, -0.1) is 0 Å². The van der Waals surface area contributed by atoms with Crippen LogP contribution in [0.5, 0.6) is 0 Å². The van der Waals surface area contributed by atoms with E-state index in [1.165, 1.54) is 27.6 Å². The van der Waals surface area contributed by atoms with Crippen molar-refractivity contribution in [1.29, 1.82) is 0 Å². The van der Waals surface area contributed by atoms with E-state index in [1.54, 1.807) is 12.1 Å². The lowest BCUT2D eigenvalue weighted by molar-refractivity contribution is 0.629. The van der Waals surface area contributed by atoms with Crippen molar-refractivity contribution in [3.8, 4) is 11.3 Å². The van der Waals surface area contributed by atoms with E-state index in [-0.39, 0.29) is 5.82 Å². The fourth-order valence-electron chi connectivity index (χ4n) is 5.72. The third kappa shape index (κ3) is 2.57. The number of hydrogen-bond donors (Lipinski definition) is 0. The third-order valence-electron chi connectivity index (χ3n) is 7.29. The molecule has 0 fully saturated rings. The van der Waals surface area contributed by atoms with E-state index >= 15 is 4.39 Å². The maximum absolute atomic E-state index is 15.0. The van der Waals surface area contributed by atoms with Crippen LogP contribution in [0.2, 0.25) is 0 Å². The number of aromatic nitrogens is 1. The number of para-hydroxylation sites is 1. The molecule has 2 heterocycles. The summed E-state index contributed by atoms with van der Waals surface area (Å²) in [6.45, 7) is 0. The van der Waals surface area contributed by atoms with Crippen LogP contribution < -0.4 is 0 Å². The second-order valence-corrected chi connectivity index (χ2v) is 9.25. The lowest BCUT2D eigenvalue weighted by Gasteiger charge is -2.13. The van der Waals surface area contributed by atoms with Gasteiger partial charge in [0, 0.05) is 27.1 Å². The highest BCUT2D eigenvalue weighted by atomic mass is 19.1. The standard InChI is InChI=1S/C33H18FNO/c34-25-11-5-3-9-23(25)32-33-30(24-10-4-6-12-27(24)36-33)31-26(35-32)18-17-21-16-15-20-14-13-19-7-1-2-8-22(19)28(20)29(21)31/h1-18H. The number of rotatable bonds is 1. The number of furan rings is 1. The van der Waals surface area contributed by atoms with Crippen molar-refractivity contribution in [2.24, 2.45) is 0 Å². The summed E-state index contributed by atoms with van der Waals surface area (Å²) < 4.78 is 21.4. The second kappa shape index (κ2) is 7.12. The Labute approximate surface area is 205 Å². The lowest BCUT2D eigenvalue weighted by Crippen LogP contribution is -1.92. The molecule has 0 bridgehead atoms. The lowest BCUT2D eigenvalue weighted by atomic mass is 9.92. The molecule has 0 radical (unpaired) electrons. The SMILES string of the molecule is Fc1ccccc1-c1nc2ccc3ccc4ccc5ccccc5c4c3c2c2c1oc1ccccc12. The quantitative estimate of drug-likeness (QED) is 0.227. The summed E-state index contributed by atoms with van der Waals surface area (Å²) in [7, 11) is 0. The Hall–Kier alpha value is -4.76. The van der Waals surface area contributed by atoms with E-state index in [0.29, 0.717) is 16.8 Å². The zero-order valence-electron chi connectivity index (χ0n) is 19.1. The largest absolute Gasteiger partial charge is 0.454 e. The van der Waals surface area contributed by atoms with Gasteiger partial charge < -0.3 is 4.42 Å². The summed E-state index contributed by atoms with van der Waals surface area (Å²) in [5.74, 6) is -0.316. The molecule has 6 aromatic carbocycles. The number of hydrogen-bond acceptors (Lipinski definition) is 2. The van der Waals surface area contributed by atoms with Gasteiger partial charge in [0.2, 0.25) is 0 Å². The highest BCUT2D eigenvalue weighted by molar-refractivity contribution is 6.35. The molecule has 168 valence electrons. The van der Waals surface area contributed by atoms with Crippen LogP contribution >= 0.6 is 0 Å². The molecule has 0 aliphatic carbocycles. The van der Waals surface area contributed by atoms with Crippen molar-refractivity contribution in [3.05, 3.63) is 115 Å². The minimum atomic E-state index is -0.316. The van der Waals surface area contributed by atoms with Crippen molar-refractivity contribution in [3.63, 3.8) is 0 Å². The second-order valence-electron chi connectivity index (χ2n) is 9.25. The van der Waals surface area contributed by atoms with E-state index < -0.39 is 0 Å². The van der Waals surface area contributed by atoms with Gasteiger partial charge in [-0.2, -0.15) is 0 Å². The first-order valence-corrected chi connectivity index (χ1v) is 12.0. The Morgan fingerprint density at radius 1 is 0.528 bits per heavy atom. The molecule has 2 aromatic heterocycles. The highest BCUT2D eigenvalue weighted by Gasteiger charge is 2.21. The Kier molecular flexibility index (Phi) is 3.87. The van der Waals surface area contributed by atoms with E-state index in [2.05, 4.69) is 60.7 Å². The molecule has 0 aliphatic rings. The predicted octanol–water partition coefficient (Wildman–Crippen LogP) is 9.40. The molecule has 0 N–H and O–H groups in total. The Morgan fingerprint density at radius 2 is 1.19 bits per heavy atom. The normalized spacial score (nSPS) is 12.0. The van der Waals surface area contributed by atoms with Gasteiger partial charge in [0.25, 0.3) is 0 Å². The molecule has 0 amide bonds. The molecule has 36 heavy (non-hydrogen) atoms. The minimum absolute atomic E-state index is 0.316. The van der Waals surface area contributed by atoms with Crippen LogP contribution in [0.3, 0.4) is 0 Å². The number of benzene rings is 6. The summed E-state index contributed by atoms with van der Waals surface area (Å²) in [6, 6.07) is 36.1. The van der Waals surface area contributed by atoms with Crippen LogP contribution in [0, 0.1) is 5.82 Å². The molecule has 8 aromatic rings. The molecule has 8 rings (SSSR count). The highest BCUT2D eigenvalue weighted by Crippen LogP contribution is 2.44. The van der Waals surface area contributed by atoms with E-state index in [0.717, 1.165) is 38.0 Å². The van der Waals surface area contributed by atoms with Crippen molar-refractivity contribution in [2.75, 3.05) is 0 Å². The zero-order valence-corrected chi connectivity index (χ0v) is 19.1. The van der Waals surface area contributed by atoms with Crippen molar-refractivity contribution < 1.29 is 8.81 Å². The van der Waals surface area contributed by atoms with Gasteiger partial charge in [0.05, 0.1) is 5.52 Å². The van der Waals surface area contributed by atoms with Crippen molar-refractivity contribution in [2.45, 2.75) is 0 Å². The summed E-state index contributed by atoms with van der Waals surface area (Å²) in [4.78, 5) is 5.03. The summed E-state index contributed by atoms with van der Waals surface area (Å²) in [6.07, 6.45) is 0. The smallest absolute Gasteiger partial charge is 0.162 e. The molecule has 0 spiro atoms. The summed E-state index contributed by atoms with van der Waals surface area (Å²) in [5.41, 5.74) is 3.16. The fourth-order valence-corrected chi connectivity index (χ4v) is 5.72. The maximum atomic E-state index is 15.0. The fraction of sp³-hybridized carbons (Fsp3) is 0. The summed E-state index contributed by atoms with van der Waals surface area (Å²) in [5, 5.41) is 10.1. The number of halogens is 1. The molecule has 0 aliphatic heterocycles. The average Bonchev–Trinajstić information content (AvgIpc) is 3.32. The van der Waals surface area contributed by atoms with Crippen LogP contribution in [-0.2, 0) is 0 Å². The first-order chi connectivity index (χ1) is 17.8.